The molecule has 0 saturated carbocycles. The van der Waals surface area contributed by atoms with E-state index in [0.29, 0.717) is 0 Å². The van der Waals surface area contributed by atoms with Gasteiger partial charge in [-0.2, -0.15) is 0 Å². The van der Waals surface area contributed by atoms with E-state index in [1.165, 1.54) is 111 Å². The number of aryl methyl sites for hydroxylation is 12. The van der Waals surface area contributed by atoms with Crippen molar-refractivity contribution in [1.29, 1.82) is 0 Å². The molecule has 0 atom stereocenters. The molecule has 4 nitrogen and oxygen atoms in total. The molecule has 0 saturated heterocycles. The first-order valence-electron chi connectivity index (χ1n) is 29.9. The van der Waals surface area contributed by atoms with Crippen LogP contribution in [0, 0.1) is 89.2 Å². The van der Waals surface area contributed by atoms with E-state index in [1.54, 1.807) is 0 Å². The third kappa shape index (κ3) is 10.7. The van der Waals surface area contributed by atoms with Crippen molar-refractivity contribution >= 4 is 86.0 Å². The zero-order valence-electron chi connectivity index (χ0n) is 51.6. The minimum Gasteiger partial charge on any atom is -0.354 e. The van der Waals surface area contributed by atoms with E-state index in [2.05, 4.69) is 324 Å². The summed E-state index contributed by atoms with van der Waals surface area (Å²) in [5, 5.41) is 3.80. The van der Waals surface area contributed by atoms with E-state index in [0.717, 1.165) is 107 Å². The van der Waals surface area contributed by atoms with Gasteiger partial charge in [0.1, 0.15) is 26.7 Å². The van der Waals surface area contributed by atoms with Gasteiger partial charge in [0.15, 0.2) is 0 Å². The Labute approximate surface area is 549 Å². The first-order valence-corrected chi connectivity index (χ1v) is 33.1. The van der Waals surface area contributed by atoms with Gasteiger partial charge in [0.05, 0.1) is 16.6 Å². The van der Waals surface area contributed by atoms with Crippen molar-refractivity contribution in [2.45, 2.75) is 83.1 Å². The summed E-state index contributed by atoms with van der Waals surface area (Å²) in [5.74, 6) is 0. The highest BCUT2D eigenvalue weighted by Crippen LogP contribution is 2.43. The van der Waals surface area contributed by atoms with Crippen LogP contribution in [0.1, 0.15) is 106 Å². The molecule has 1 aliphatic heterocycles. The molecule has 4 aromatic heterocycles. The predicted octanol–water partition coefficient (Wildman–Crippen LogP) is 19.4. The quantitative estimate of drug-likeness (QED) is 0.110. The third-order valence-corrected chi connectivity index (χ3v) is 20.1. The maximum atomic E-state index is 4.11. The van der Waals surface area contributed by atoms with Crippen molar-refractivity contribution in [3.05, 3.63) is 321 Å². The molecule has 0 unspecified atom stereocenters. The summed E-state index contributed by atoms with van der Waals surface area (Å²) in [6.45, 7) is 26.7. The van der Waals surface area contributed by atoms with Crippen LogP contribution in [0.4, 0.5) is 0 Å². The van der Waals surface area contributed by atoms with E-state index in [1.807, 2.05) is 12.2 Å². The lowest BCUT2D eigenvalue weighted by Crippen LogP contribution is -2.19. The molecule has 7 aromatic carbocycles. The Morgan fingerprint density at radius 1 is 0.284 bits per heavy atom. The van der Waals surface area contributed by atoms with Crippen LogP contribution < -0.4 is 21.4 Å². The topological polar surface area (TPSA) is 63.2 Å². The molecule has 0 radical (unpaired) electrons. The highest BCUT2D eigenvalue weighted by molar-refractivity contribution is 9.12. The summed E-state index contributed by atoms with van der Waals surface area (Å²) in [6.07, 6.45) is 7.36. The summed E-state index contributed by atoms with van der Waals surface area (Å²) in [6, 6.07) is 57.2. The highest BCUT2D eigenvalue weighted by Gasteiger charge is 2.29. The number of nitrogens with one attached hydrogen (secondary N) is 4. The van der Waals surface area contributed by atoms with E-state index in [4.69, 9.17) is 0 Å². The SMILES string of the molecule is Cc1cc(C)c(-c2cc(C3=c4ccc([nH]4)=C(C4=C(Br)C=[C+]C=C4Br)c4ccc([nH]4)C(c4cc(-c5c(C)cc(C)cc5C)cc(-c5c(C)cc(C)cc5C)c4)=c4ccc([nH]4)=C(c4c(Br)cccc4Br)c4ccc3[nH]4)cc(-c3c(C)cc(C)cc3C)c2)c(C)c1. The van der Waals surface area contributed by atoms with Crippen molar-refractivity contribution in [2.75, 3.05) is 0 Å². The lowest BCUT2D eigenvalue weighted by molar-refractivity contribution is 1.18. The number of H-pyrrole nitrogens is 4. The van der Waals surface area contributed by atoms with Crippen molar-refractivity contribution < 1.29 is 0 Å². The molecule has 434 valence electrons. The normalized spacial score (nSPS) is 13.2. The van der Waals surface area contributed by atoms with Crippen LogP contribution in [-0.2, 0) is 0 Å². The summed E-state index contributed by atoms with van der Waals surface area (Å²) in [7, 11) is 0. The fourth-order valence-electron chi connectivity index (χ4n) is 14.6. The van der Waals surface area contributed by atoms with Crippen LogP contribution in [0.3, 0.4) is 0 Å². The minimum atomic E-state index is 0.909. The summed E-state index contributed by atoms with van der Waals surface area (Å²) < 4.78 is 3.74. The van der Waals surface area contributed by atoms with Gasteiger partial charge in [-0.3, -0.25) is 0 Å². The number of halogens is 4. The largest absolute Gasteiger partial charge is 0.354 e. The summed E-state index contributed by atoms with van der Waals surface area (Å²) >= 11 is 16.2. The van der Waals surface area contributed by atoms with Crippen molar-refractivity contribution in [3.63, 3.8) is 0 Å². The van der Waals surface area contributed by atoms with Gasteiger partial charge in [-0.15, -0.1) is 0 Å². The number of fused-ring (bicyclic) bond motifs is 8. The molecular formula is C80H67Br4N4+. The average molecular weight is 1400 g/mol. The monoisotopic (exact) mass is 1400 g/mol. The molecular weight excluding hydrogens is 1340 g/mol. The number of allylic oxidation sites excluding steroid dienone is 6. The van der Waals surface area contributed by atoms with E-state index in [9.17, 15) is 0 Å². The van der Waals surface area contributed by atoms with E-state index >= 15 is 0 Å². The zero-order chi connectivity index (χ0) is 61.7. The Morgan fingerprint density at radius 2 is 0.580 bits per heavy atom. The van der Waals surface area contributed by atoms with Crippen LogP contribution in [0.5, 0.6) is 0 Å². The Balaban J connectivity index is 1.18. The lowest BCUT2D eigenvalue weighted by Gasteiger charge is -2.19. The molecule has 4 N–H and O–H groups in total. The maximum absolute atomic E-state index is 4.11. The van der Waals surface area contributed by atoms with Crippen LogP contribution in [-0.4, -0.2) is 19.9 Å². The number of aromatic amines is 4. The second-order valence-corrected chi connectivity index (χ2v) is 27.9. The number of benzene rings is 7. The second kappa shape index (κ2) is 23.3. The molecule has 5 heterocycles. The summed E-state index contributed by atoms with van der Waals surface area (Å²) in [4.78, 5) is 16.4. The van der Waals surface area contributed by atoms with E-state index < -0.39 is 0 Å². The molecule has 8 heteroatoms. The Morgan fingerprint density at radius 3 is 0.920 bits per heavy atom. The van der Waals surface area contributed by atoms with Crippen LogP contribution in [0.25, 0.3) is 66.8 Å². The Hall–Kier alpha value is -7.81. The first kappa shape index (κ1) is 59.2. The summed E-state index contributed by atoms with van der Waals surface area (Å²) in [5.41, 5.74) is 36.7. The molecule has 13 rings (SSSR count). The van der Waals surface area contributed by atoms with Crippen LogP contribution >= 0.6 is 63.7 Å². The van der Waals surface area contributed by atoms with Gasteiger partial charge in [-0.25, -0.2) is 0 Å². The molecule has 11 aromatic rings. The third-order valence-electron chi connectivity index (χ3n) is 17.6. The highest BCUT2D eigenvalue weighted by atomic mass is 79.9. The number of rotatable bonds is 8. The smallest absolute Gasteiger partial charge is 0.139 e. The molecule has 8 bridgehead atoms. The van der Waals surface area contributed by atoms with Crippen LogP contribution in [0.2, 0.25) is 0 Å². The van der Waals surface area contributed by atoms with Gasteiger partial charge in [0.2, 0.25) is 0 Å². The van der Waals surface area contributed by atoms with Crippen molar-refractivity contribution in [2.24, 2.45) is 0 Å². The molecule has 88 heavy (non-hydrogen) atoms. The average Bonchev–Trinajstić information content (AvgIpc) is 1.52. The molecule has 2 aliphatic rings. The van der Waals surface area contributed by atoms with Gasteiger partial charge < -0.3 is 19.9 Å². The van der Waals surface area contributed by atoms with Crippen molar-refractivity contribution in [1.82, 2.24) is 19.9 Å². The second-order valence-electron chi connectivity index (χ2n) is 24.5. The number of hydrogen-bond acceptors (Lipinski definition) is 0. The van der Waals surface area contributed by atoms with Gasteiger partial charge in [-0.1, -0.05) is 109 Å². The van der Waals surface area contributed by atoms with Crippen LogP contribution in [0.15, 0.2) is 187 Å². The standard InChI is InChI=1S/C80H67Br4N4/c1-41-27-45(5)71(46(6)28-41)53-35-54(72-47(7)29-42(2)30-48(72)8)38-57(37-53)75-63-19-23-67(85-63)79(77-59(81)15-13-16-60(77)82)69-25-21-65(87-69)76(66-22-26-70(88-66)80(68-24-20-64(75)86-68)78-61(83)17-14-18-62(78)84)58-39-55(73-49(9)31-43(3)32-50(73)10)36-56(40-58)74-51(11)33-44(4)34-52(74)12/h13,15-40,85-88H,1-12H3/q+1. The van der Waals surface area contributed by atoms with Gasteiger partial charge in [0.25, 0.3) is 0 Å². The van der Waals surface area contributed by atoms with Gasteiger partial charge in [-0.05, 0) is 280 Å². The Kier molecular flexibility index (Phi) is 15.7. The van der Waals surface area contributed by atoms with Gasteiger partial charge >= 0.3 is 0 Å². The molecule has 1 aliphatic carbocycles. The molecule has 0 spiro atoms. The number of aromatic nitrogens is 4. The fraction of sp³-hybridized carbons (Fsp3) is 0.150. The molecule has 0 amide bonds. The lowest BCUT2D eigenvalue weighted by atomic mass is 9.86. The fourth-order valence-corrected chi connectivity index (χ4v) is 17.3. The minimum absolute atomic E-state index is 0.909. The predicted molar refractivity (Wildman–Crippen MR) is 383 cm³/mol. The first-order chi connectivity index (χ1) is 42.2. The van der Waals surface area contributed by atoms with Gasteiger partial charge in [0, 0.05) is 102 Å². The Bertz CT molecular complexity index is 4890. The zero-order valence-corrected chi connectivity index (χ0v) is 57.9. The maximum Gasteiger partial charge on any atom is 0.139 e. The number of hydrogen-bond donors (Lipinski definition) is 4. The van der Waals surface area contributed by atoms with Crippen molar-refractivity contribution in [3.8, 4) is 44.5 Å². The van der Waals surface area contributed by atoms with E-state index in [-0.39, 0.29) is 0 Å². The molecule has 0 fully saturated rings.